The summed E-state index contributed by atoms with van der Waals surface area (Å²) < 4.78 is 36.0. The summed E-state index contributed by atoms with van der Waals surface area (Å²) in [5.74, 6) is 0. The number of nitriles is 1. The molecule has 1 rings (SSSR count). The number of aliphatic hydroxyl groups is 1. The van der Waals surface area contributed by atoms with Crippen molar-refractivity contribution in [3.05, 3.63) is 28.8 Å². The Morgan fingerprint density at radius 2 is 2.12 bits per heavy atom. The highest BCUT2D eigenvalue weighted by molar-refractivity contribution is 6.32. The lowest BCUT2D eigenvalue weighted by atomic mass is 10.2. The first kappa shape index (κ1) is 13.6. The molecular formula is C10H8ClF3N2O. The Bertz CT molecular complexity index is 442. The highest BCUT2D eigenvalue weighted by Gasteiger charge is 2.37. The van der Waals surface area contributed by atoms with Crippen LogP contribution in [0.4, 0.5) is 18.9 Å². The van der Waals surface area contributed by atoms with Gasteiger partial charge in [0.05, 0.1) is 10.6 Å². The molecule has 17 heavy (non-hydrogen) atoms. The Labute approximate surface area is 100 Å². The monoisotopic (exact) mass is 264 g/mol. The van der Waals surface area contributed by atoms with Gasteiger partial charge in [-0.3, -0.25) is 0 Å². The van der Waals surface area contributed by atoms with Gasteiger partial charge in [-0.1, -0.05) is 11.6 Å². The van der Waals surface area contributed by atoms with Gasteiger partial charge in [0.15, 0.2) is 6.10 Å². The molecule has 0 aliphatic heterocycles. The van der Waals surface area contributed by atoms with Gasteiger partial charge < -0.3 is 10.4 Å². The second-order valence-electron chi connectivity index (χ2n) is 3.24. The molecule has 0 amide bonds. The molecule has 1 atom stereocenters. The van der Waals surface area contributed by atoms with Crippen LogP contribution >= 0.6 is 11.6 Å². The number of hydrogen-bond donors (Lipinski definition) is 2. The van der Waals surface area contributed by atoms with E-state index in [1.807, 2.05) is 6.07 Å². The molecular weight excluding hydrogens is 257 g/mol. The smallest absolute Gasteiger partial charge is 0.382 e. The predicted octanol–water partition coefficient (Wildman–Crippen LogP) is 2.55. The summed E-state index contributed by atoms with van der Waals surface area (Å²) in [6.07, 6.45) is -7.11. The first-order valence-electron chi connectivity index (χ1n) is 4.53. The number of hydrogen-bond acceptors (Lipinski definition) is 3. The van der Waals surface area contributed by atoms with Crippen LogP contribution in [0.5, 0.6) is 0 Å². The molecule has 0 aliphatic rings. The Morgan fingerprint density at radius 1 is 1.47 bits per heavy atom. The molecule has 0 fully saturated rings. The molecule has 1 unspecified atom stereocenters. The fourth-order valence-electron chi connectivity index (χ4n) is 1.05. The quantitative estimate of drug-likeness (QED) is 0.882. The molecule has 0 aliphatic carbocycles. The summed E-state index contributed by atoms with van der Waals surface area (Å²) in [6.45, 7) is -0.675. The van der Waals surface area contributed by atoms with Gasteiger partial charge in [-0.15, -0.1) is 0 Å². The van der Waals surface area contributed by atoms with E-state index in [1.165, 1.54) is 18.2 Å². The minimum atomic E-state index is -4.66. The summed E-state index contributed by atoms with van der Waals surface area (Å²) in [4.78, 5) is 0. The van der Waals surface area contributed by atoms with Crippen LogP contribution in [0, 0.1) is 11.3 Å². The van der Waals surface area contributed by atoms with E-state index >= 15 is 0 Å². The maximum Gasteiger partial charge on any atom is 0.416 e. The van der Waals surface area contributed by atoms with E-state index in [0.717, 1.165) is 0 Å². The molecule has 0 aromatic heterocycles. The molecule has 2 N–H and O–H groups in total. The van der Waals surface area contributed by atoms with Crippen LogP contribution in [0.3, 0.4) is 0 Å². The number of aliphatic hydroxyl groups excluding tert-OH is 1. The van der Waals surface area contributed by atoms with Crippen LogP contribution in [0.15, 0.2) is 18.2 Å². The maximum atomic E-state index is 12.0. The zero-order valence-corrected chi connectivity index (χ0v) is 9.18. The SMILES string of the molecule is N#Cc1ccc(NCC(O)C(F)(F)F)cc1Cl. The molecule has 92 valence electrons. The second-order valence-corrected chi connectivity index (χ2v) is 3.65. The number of nitrogens with one attached hydrogen (secondary N) is 1. The third-order valence-corrected chi connectivity index (χ3v) is 2.28. The van der Waals surface area contributed by atoms with Crippen molar-refractivity contribution in [3.8, 4) is 6.07 Å². The van der Waals surface area contributed by atoms with E-state index in [4.69, 9.17) is 22.0 Å². The first-order chi connectivity index (χ1) is 7.84. The molecule has 0 heterocycles. The van der Waals surface area contributed by atoms with Gasteiger partial charge in [-0.25, -0.2) is 0 Å². The van der Waals surface area contributed by atoms with Crippen molar-refractivity contribution in [2.75, 3.05) is 11.9 Å². The average Bonchev–Trinajstić information content (AvgIpc) is 2.24. The van der Waals surface area contributed by atoms with Gasteiger partial charge in [-0.05, 0) is 18.2 Å². The summed E-state index contributed by atoms with van der Waals surface area (Å²) in [6, 6.07) is 5.93. The fourth-order valence-corrected chi connectivity index (χ4v) is 1.27. The Balaban J connectivity index is 2.66. The van der Waals surface area contributed by atoms with Crippen molar-refractivity contribution in [1.29, 1.82) is 5.26 Å². The van der Waals surface area contributed by atoms with Crippen molar-refractivity contribution in [1.82, 2.24) is 0 Å². The zero-order valence-electron chi connectivity index (χ0n) is 8.42. The standard InChI is InChI=1S/C10H8ClF3N2O/c11-8-3-7(2-1-6(8)4-15)16-5-9(17)10(12,13)14/h1-3,9,16-17H,5H2. The first-order valence-corrected chi connectivity index (χ1v) is 4.90. The molecule has 0 radical (unpaired) electrons. The van der Waals surface area contributed by atoms with Gasteiger partial charge in [0.25, 0.3) is 0 Å². The van der Waals surface area contributed by atoms with Crippen LogP contribution in [0.25, 0.3) is 0 Å². The normalized spacial score (nSPS) is 12.9. The number of rotatable bonds is 3. The Hall–Kier alpha value is -1.45. The average molecular weight is 265 g/mol. The molecule has 0 saturated heterocycles. The zero-order chi connectivity index (χ0) is 13.1. The summed E-state index contributed by atoms with van der Waals surface area (Å²) in [5.41, 5.74) is 0.533. The summed E-state index contributed by atoms with van der Waals surface area (Å²) in [5, 5.41) is 19.9. The molecule has 0 bridgehead atoms. The topological polar surface area (TPSA) is 56.0 Å². The van der Waals surface area contributed by atoms with Crippen LogP contribution in [0.1, 0.15) is 5.56 Å². The van der Waals surface area contributed by atoms with Gasteiger partial charge in [-0.2, -0.15) is 18.4 Å². The van der Waals surface area contributed by atoms with Gasteiger partial charge >= 0.3 is 6.18 Å². The minimum Gasteiger partial charge on any atom is -0.382 e. The van der Waals surface area contributed by atoms with Gasteiger partial charge in [0.1, 0.15) is 6.07 Å². The van der Waals surface area contributed by atoms with Crippen molar-refractivity contribution in [2.24, 2.45) is 0 Å². The number of benzene rings is 1. The fraction of sp³-hybridized carbons (Fsp3) is 0.300. The Morgan fingerprint density at radius 3 is 2.59 bits per heavy atom. The van der Waals surface area contributed by atoms with Gasteiger partial charge in [0, 0.05) is 12.2 Å². The molecule has 0 spiro atoms. The number of alkyl halides is 3. The van der Waals surface area contributed by atoms with E-state index in [2.05, 4.69) is 5.32 Å². The van der Waals surface area contributed by atoms with Crippen LogP contribution in [0.2, 0.25) is 5.02 Å². The lowest BCUT2D eigenvalue weighted by Crippen LogP contribution is -2.34. The lowest BCUT2D eigenvalue weighted by Gasteiger charge is -2.15. The number of nitrogens with zero attached hydrogens (tertiary/aromatic N) is 1. The third-order valence-electron chi connectivity index (χ3n) is 1.97. The van der Waals surface area contributed by atoms with E-state index in [1.54, 1.807) is 0 Å². The summed E-state index contributed by atoms with van der Waals surface area (Å²) >= 11 is 5.69. The molecule has 0 saturated carbocycles. The van der Waals surface area contributed by atoms with Crippen LogP contribution in [-0.4, -0.2) is 23.9 Å². The van der Waals surface area contributed by atoms with Crippen LogP contribution in [-0.2, 0) is 0 Å². The highest BCUT2D eigenvalue weighted by Crippen LogP contribution is 2.22. The summed E-state index contributed by atoms with van der Waals surface area (Å²) in [7, 11) is 0. The van der Waals surface area contributed by atoms with Crippen molar-refractivity contribution in [2.45, 2.75) is 12.3 Å². The largest absolute Gasteiger partial charge is 0.416 e. The Kier molecular flexibility index (Phi) is 4.21. The maximum absolute atomic E-state index is 12.0. The molecule has 7 heteroatoms. The minimum absolute atomic E-state index is 0.138. The van der Waals surface area contributed by atoms with Crippen molar-refractivity contribution in [3.63, 3.8) is 0 Å². The predicted molar refractivity (Wildman–Crippen MR) is 56.7 cm³/mol. The molecule has 1 aromatic carbocycles. The molecule has 1 aromatic rings. The third kappa shape index (κ3) is 3.80. The highest BCUT2D eigenvalue weighted by atomic mass is 35.5. The van der Waals surface area contributed by atoms with E-state index in [9.17, 15) is 13.2 Å². The van der Waals surface area contributed by atoms with E-state index in [-0.39, 0.29) is 10.6 Å². The second kappa shape index (κ2) is 5.25. The number of halogens is 4. The van der Waals surface area contributed by atoms with Crippen LogP contribution < -0.4 is 5.32 Å². The van der Waals surface area contributed by atoms with E-state index < -0.39 is 18.8 Å². The van der Waals surface area contributed by atoms with Crippen molar-refractivity contribution < 1.29 is 18.3 Å². The molecule has 3 nitrogen and oxygen atoms in total. The van der Waals surface area contributed by atoms with Gasteiger partial charge in [0.2, 0.25) is 0 Å². The lowest BCUT2D eigenvalue weighted by molar-refractivity contribution is -0.198. The van der Waals surface area contributed by atoms with E-state index in [0.29, 0.717) is 5.69 Å². The number of anilines is 1. The van der Waals surface area contributed by atoms with Crippen molar-refractivity contribution >= 4 is 17.3 Å².